The van der Waals surface area contributed by atoms with Crippen LogP contribution < -0.4 is 0 Å². The van der Waals surface area contributed by atoms with Crippen LogP contribution in [0.15, 0.2) is 17.3 Å². The van der Waals surface area contributed by atoms with Crippen LogP contribution in [0.3, 0.4) is 0 Å². The lowest BCUT2D eigenvalue weighted by molar-refractivity contribution is 0.0662. The molecule has 0 aromatic carbocycles. The zero-order chi connectivity index (χ0) is 10.9. The second-order valence-corrected chi connectivity index (χ2v) is 6.00. The minimum atomic E-state index is -3.66. The monoisotopic (exact) mass is 250 g/mol. The highest BCUT2D eigenvalue weighted by Crippen LogP contribution is 2.22. The number of aromatic nitrogens is 2. The van der Waals surface area contributed by atoms with Gasteiger partial charge in [0.25, 0.3) is 9.05 Å². The summed E-state index contributed by atoms with van der Waals surface area (Å²) < 4.78 is 28.9. The summed E-state index contributed by atoms with van der Waals surface area (Å²) in [6, 6.07) is 0.214. The summed E-state index contributed by atoms with van der Waals surface area (Å²) in [5.41, 5.74) is 0. The van der Waals surface area contributed by atoms with Crippen molar-refractivity contribution in [2.75, 3.05) is 13.2 Å². The Morgan fingerprint density at radius 3 is 2.67 bits per heavy atom. The third kappa shape index (κ3) is 2.50. The quantitative estimate of drug-likeness (QED) is 0.739. The molecule has 1 aromatic heterocycles. The van der Waals surface area contributed by atoms with Gasteiger partial charge in [0.1, 0.15) is 4.90 Å². The Labute approximate surface area is 92.4 Å². The summed E-state index contributed by atoms with van der Waals surface area (Å²) >= 11 is 0. The summed E-state index contributed by atoms with van der Waals surface area (Å²) in [6.07, 6.45) is 4.45. The van der Waals surface area contributed by atoms with E-state index in [1.807, 2.05) is 0 Å². The molecule has 1 aliphatic rings. The molecular formula is C8H11ClN2O3S. The maximum absolute atomic E-state index is 11.0. The topological polar surface area (TPSA) is 61.2 Å². The minimum Gasteiger partial charge on any atom is -0.381 e. The predicted octanol–water partition coefficient (Wildman–Crippen LogP) is 1.16. The summed E-state index contributed by atoms with van der Waals surface area (Å²) in [4.78, 5) is 0.0515. The molecule has 0 saturated carbocycles. The zero-order valence-corrected chi connectivity index (χ0v) is 9.54. The van der Waals surface area contributed by atoms with E-state index in [1.54, 1.807) is 4.68 Å². The van der Waals surface area contributed by atoms with Crippen LogP contribution in [0.5, 0.6) is 0 Å². The van der Waals surface area contributed by atoms with Crippen LogP contribution in [0.25, 0.3) is 0 Å². The van der Waals surface area contributed by atoms with E-state index in [1.165, 1.54) is 12.4 Å². The molecule has 1 aliphatic heterocycles. The van der Waals surface area contributed by atoms with Crippen molar-refractivity contribution in [2.45, 2.75) is 23.8 Å². The van der Waals surface area contributed by atoms with Crippen molar-refractivity contribution in [3.05, 3.63) is 12.4 Å². The van der Waals surface area contributed by atoms with Gasteiger partial charge in [0.15, 0.2) is 0 Å². The Balaban J connectivity index is 2.19. The van der Waals surface area contributed by atoms with Crippen molar-refractivity contribution in [3.63, 3.8) is 0 Å². The number of hydrogen-bond acceptors (Lipinski definition) is 4. The number of halogens is 1. The smallest absolute Gasteiger partial charge is 0.264 e. The average molecular weight is 251 g/mol. The van der Waals surface area contributed by atoms with Gasteiger partial charge >= 0.3 is 0 Å². The van der Waals surface area contributed by atoms with Crippen molar-refractivity contribution in [1.82, 2.24) is 9.78 Å². The van der Waals surface area contributed by atoms with Crippen molar-refractivity contribution >= 4 is 19.7 Å². The minimum absolute atomic E-state index is 0.0515. The first kappa shape index (κ1) is 10.9. The number of hydrogen-bond donors (Lipinski definition) is 0. The van der Waals surface area contributed by atoms with E-state index >= 15 is 0 Å². The average Bonchev–Trinajstić information content (AvgIpc) is 2.67. The second kappa shape index (κ2) is 4.11. The summed E-state index contributed by atoms with van der Waals surface area (Å²) in [6.45, 7) is 1.38. The molecule has 1 fully saturated rings. The van der Waals surface area contributed by atoms with Crippen LogP contribution in [-0.2, 0) is 13.8 Å². The summed E-state index contributed by atoms with van der Waals surface area (Å²) in [7, 11) is 1.54. The third-order valence-electron chi connectivity index (χ3n) is 2.42. The largest absolute Gasteiger partial charge is 0.381 e. The van der Waals surface area contributed by atoms with E-state index in [0.29, 0.717) is 13.2 Å². The predicted molar refractivity (Wildman–Crippen MR) is 54.4 cm³/mol. The Hall–Kier alpha value is -0.590. The molecule has 15 heavy (non-hydrogen) atoms. The van der Waals surface area contributed by atoms with Gasteiger partial charge in [-0.3, -0.25) is 4.68 Å². The molecule has 0 radical (unpaired) electrons. The Morgan fingerprint density at radius 2 is 2.13 bits per heavy atom. The maximum atomic E-state index is 11.0. The zero-order valence-electron chi connectivity index (χ0n) is 7.97. The fourth-order valence-corrected chi connectivity index (χ4v) is 2.24. The molecule has 1 aromatic rings. The van der Waals surface area contributed by atoms with Gasteiger partial charge in [0.05, 0.1) is 12.2 Å². The summed E-state index contributed by atoms with van der Waals surface area (Å²) in [5.74, 6) is 0. The third-order valence-corrected chi connectivity index (χ3v) is 3.73. The van der Waals surface area contributed by atoms with Gasteiger partial charge in [-0.15, -0.1) is 0 Å². The molecule has 0 aliphatic carbocycles. The van der Waals surface area contributed by atoms with Gasteiger partial charge in [0, 0.05) is 30.1 Å². The maximum Gasteiger partial charge on any atom is 0.264 e. The molecule has 84 valence electrons. The number of nitrogens with zero attached hydrogens (tertiary/aromatic N) is 2. The van der Waals surface area contributed by atoms with Crippen molar-refractivity contribution in [1.29, 1.82) is 0 Å². The SMILES string of the molecule is O=S(=O)(Cl)c1cnn(C2CCOCC2)c1. The first-order valence-electron chi connectivity index (χ1n) is 4.64. The van der Waals surface area contributed by atoms with Crippen LogP contribution in [0.2, 0.25) is 0 Å². The molecule has 0 amide bonds. The Bertz CT molecular complexity index is 436. The molecule has 0 spiro atoms. The van der Waals surface area contributed by atoms with E-state index < -0.39 is 9.05 Å². The number of ether oxygens (including phenoxy) is 1. The lowest BCUT2D eigenvalue weighted by atomic mass is 10.1. The molecule has 0 unspecified atom stereocenters. The molecule has 2 heterocycles. The van der Waals surface area contributed by atoms with E-state index in [0.717, 1.165) is 12.8 Å². The first-order chi connectivity index (χ1) is 7.07. The molecule has 5 nitrogen and oxygen atoms in total. The van der Waals surface area contributed by atoms with Crippen LogP contribution in [-0.4, -0.2) is 31.4 Å². The van der Waals surface area contributed by atoms with E-state index in [2.05, 4.69) is 5.10 Å². The standard InChI is InChI=1S/C8H11ClN2O3S/c9-15(12,13)8-5-10-11(6-8)7-1-3-14-4-2-7/h5-7H,1-4H2. The highest BCUT2D eigenvalue weighted by atomic mass is 35.7. The molecule has 0 N–H and O–H groups in total. The van der Waals surface area contributed by atoms with Crippen molar-refractivity contribution < 1.29 is 13.2 Å². The Kier molecular flexibility index (Phi) is 2.99. The van der Waals surface area contributed by atoms with Crippen LogP contribution in [0.4, 0.5) is 0 Å². The molecule has 2 rings (SSSR count). The molecule has 0 atom stereocenters. The van der Waals surface area contributed by atoms with Crippen LogP contribution in [0.1, 0.15) is 18.9 Å². The van der Waals surface area contributed by atoms with Gasteiger partial charge in [-0.05, 0) is 12.8 Å². The molecule has 0 bridgehead atoms. The van der Waals surface area contributed by atoms with Crippen LogP contribution >= 0.6 is 10.7 Å². The van der Waals surface area contributed by atoms with Crippen molar-refractivity contribution in [3.8, 4) is 0 Å². The van der Waals surface area contributed by atoms with Gasteiger partial charge in [-0.2, -0.15) is 5.10 Å². The normalized spacial score (nSPS) is 19.3. The van der Waals surface area contributed by atoms with Gasteiger partial charge in [-0.25, -0.2) is 8.42 Å². The van der Waals surface area contributed by atoms with E-state index in [9.17, 15) is 8.42 Å². The summed E-state index contributed by atoms with van der Waals surface area (Å²) in [5, 5.41) is 4.00. The lowest BCUT2D eigenvalue weighted by Gasteiger charge is -2.22. The van der Waals surface area contributed by atoms with Gasteiger partial charge in [-0.1, -0.05) is 0 Å². The molecule has 1 saturated heterocycles. The van der Waals surface area contributed by atoms with Gasteiger partial charge in [0.2, 0.25) is 0 Å². The Morgan fingerprint density at radius 1 is 1.47 bits per heavy atom. The lowest BCUT2D eigenvalue weighted by Crippen LogP contribution is -2.19. The van der Waals surface area contributed by atoms with E-state index in [-0.39, 0.29) is 10.9 Å². The van der Waals surface area contributed by atoms with E-state index in [4.69, 9.17) is 15.4 Å². The first-order valence-corrected chi connectivity index (χ1v) is 6.95. The molecular weight excluding hydrogens is 240 g/mol. The fourth-order valence-electron chi connectivity index (χ4n) is 1.60. The second-order valence-electron chi connectivity index (χ2n) is 3.44. The highest BCUT2D eigenvalue weighted by molar-refractivity contribution is 8.13. The number of rotatable bonds is 2. The fraction of sp³-hybridized carbons (Fsp3) is 0.625. The molecule has 7 heteroatoms. The van der Waals surface area contributed by atoms with Crippen LogP contribution in [0, 0.1) is 0 Å². The highest BCUT2D eigenvalue weighted by Gasteiger charge is 2.19. The van der Waals surface area contributed by atoms with Crippen molar-refractivity contribution in [2.24, 2.45) is 0 Å². The van der Waals surface area contributed by atoms with Gasteiger partial charge < -0.3 is 4.74 Å².